The molecular formula is C45H52. The molecule has 45 heavy (non-hydrogen) atoms. The second kappa shape index (κ2) is 10.7. The van der Waals surface area contributed by atoms with E-state index in [4.69, 9.17) is 0 Å². The summed E-state index contributed by atoms with van der Waals surface area (Å²) in [6.45, 7) is 27.9. The smallest absolute Gasteiger partial charge is 0.0314 e. The van der Waals surface area contributed by atoms with Crippen molar-refractivity contribution < 1.29 is 0 Å². The molecule has 0 amide bonds. The normalized spacial score (nSPS) is 16.6. The highest BCUT2D eigenvalue weighted by molar-refractivity contribution is 5.96. The summed E-state index contributed by atoms with van der Waals surface area (Å²) in [6, 6.07) is 28.3. The van der Waals surface area contributed by atoms with Crippen LogP contribution in [0.15, 0.2) is 83.9 Å². The molecule has 0 radical (unpaired) electrons. The summed E-state index contributed by atoms with van der Waals surface area (Å²) in [6.07, 6.45) is 3.53. The maximum atomic E-state index is 2.50. The van der Waals surface area contributed by atoms with E-state index in [0.717, 1.165) is 6.42 Å². The van der Waals surface area contributed by atoms with Crippen LogP contribution in [0.5, 0.6) is 0 Å². The summed E-state index contributed by atoms with van der Waals surface area (Å²) in [5.74, 6) is 0.268. The van der Waals surface area contributed by atoms with Crippen LogP contribution in [0, 0.1) is 6.92 Å². The van der Waals surface area contributed by atoms with Crippen LogP contribution in [0.3, 0.4) is 0 Å². The molecule has 2 aliphatic rings. The lowest BCUT2D eigenvalue weighted by atomic mass is 9.77. The number of fused-ring (bicyclic) bond motifs is 2. The van der Waals surface area contributed by atoms with Crippen LogP contribution in [-0.2, 0) is 22.7 Å². The van der Waals surface area contributed by atoms with Gasteiger partial charge in [0.25, 0.3) is 0 Å². The molecule has 232 valence electrons. The zero-order valence-electron chi connectivity index (χ0n) is 29.8. The van der Waals surface area contributed by atoms with Crippen LogP contribution >= 0.6 is 0 Å². The molecule has 0 saturated heterocycles. The Morgan fingerprint density at radius 1 is 0.578 bits per heavy atom. The van der Waals surface area contributed by atoms with Crippen LogP contribution in [-0.4, -0.2) is 0 Å². The third kappa shape index (κ3) is 5.56. The summed E-state index contributed by atoms with van der Waals surface area (Å²) in [5.41, 5.74) is 21.5. The fraction of sp³-hybridized carbons (Fsp3) is 0.378. The van der Waals surface area contributed by atoms with Gasteiger partial charge in [-0.1, -0.05) is 152 Å². The zero-order valence-corrected chi connectivity index (χ0v) is 29.8. The molecule has 4 aromatic carbocycles. The van der Waals surface area contributed by atoms with Crippen molar-refractivity contribution in [2.24, 2.45) is 0 Å². The molecule has 0 N–H and O–H groups in total. The van der Waals surface area contributed by atoms with E-state index in [-0.39, 0.29) is 22.2 Å². The highest BCUT2D eigenvalue weighted by Crippen LogP contribution is 2.54. The molecule has 0 aliphatic heterocycles. The monoisotopic (exact) mass is 592 g/mol. The van der Waals surface area contributed by atoms with Crippen LogP contribution in [0.1, 0.15) is 127 Å². The van der Waals surface area contributed by atoms with Gasteiger partial charge in [0.05, 0.1) is 0 Å². The largest absolute Gasteiger partial charge is 0.0641 e. The van der Waals surface area contributed by atoms with Gasteiger partial charge in [-0.3, -0.25) is 0 Å². The Morgan fingerprint density at radius 3 is 1.76 bits per heavy atom. The van der Waals surface area contributed by atoms with Gasteiger partial charge in [0.2, 0.25) is 0 Å². The number of allylic oxidation sites excluding steroid dienone is 3. The minimum absolute atomic E-state index is 0.0785. The molecule has 1 atom stereocenters. The molecule has 0 heteroatoms. The molecule has 0 fully saturated rings. The molecule has 4 aromatic rings. The molecule has 0 heterocycles. The van der Waals surface area contributed by atoms with Gasteiger partial charge in [-0.05, 0) is 116 Å². The van der Waals surface area contributed by atoms with E-state index in [1.807, 2.05) is 0 Å². The topological polar surface area (TPSA) is 0 Å². The van der Waals surface area contributed by atoms with Gasteiger partial charge < -0.3 is 0 Å². The van der Waals surface area contributed by atoms with E-state index < -0.39 is 0 Å². The quantitative estimate of drug-likeness (QED) is 0.222. The minimum Gasteiger partial charge on any atom is -0.0641 e. The van der Waals surface area contributed by atoms with Gasteiger partial charge in [0.15, 0.2) is 0 Å². The van der Waals surface area contributed by atoms with Gasteiger partial charge >= 0.3 is 0 Å². The minimum atomic E-state index is 0.0785. The number of rotatable bonds is 3. The van der Waals surface area contributed by atoms with E-state index in [9.17, 15) is 0 Å². The summed E-state index contributed by atoms with van der Waals surface area (Å²) in [5, 5.41) is 0. The lowest BCUT2D eigenvalue weighted by Crippen LogP contribution is -2.16. The second-order valence-electron chi connectivity index (χ2n) is 16.9. The predicted molar refractivity (Wildman–Crippen MR) is 197 cm³/mol. The average Bonchev–Trinajstić information content (AvgIpc) is 3.47. The van der Waals surface area contributed by atoms with Gasteiger partial charge in [-0.25, -0.2) is 0 Å². The van der Waals surface area contributed by atoms with Crippen molar-refractivity contribution in [2.45, 2.75) is 112 Å². The molecule has 6 rings (SSSR count). The Bertz CT molecular complexity index is 1830. The number of hydrogen-bond donors (Lipinski definition) is 0. The fourth-order valence-electron chi connectivity index (χ4n) is 7.54. The summed E-state index contributed by atoms with van der Waals surface area (Å²) < 4.78 is 0. The number of aryl methyl sites for hydroxylation is 1. The van der Waals surface area contributed by atoms with Crippen LogP contribution in [0.4, 0.5) is 0 Å². The maximum absolute atomic E-state index is 2.50. The lowest BCUT2D eigenvalue weighted by Gasteiger charge is -2.27. The molecule has 1 unspecified atom stereocenters. The molecule has 0 saturated carbocycles. The van der Waals surface area contributed by atoms with Crippen molar-refractivity contribution in [2.75, 3.05) is 0 Å². The SMILES string of the molecule is CC1=Cc2c(-c3cc(C(C)(C)C)cc(C(C)(C)C)c3)ccc(C)c2C1C1=C(C)Cc2cccc(-c3ccc(C(C)(C)C)cc3)c21. The number of hydrogen-bond acceptors (Lipinski definition) is 0. The van der Waals surface area contributed by atoms with Crippen molar-refractivity contribution in [1.82, 2.24) is 0 Å². The van der Waals surface area contributed by atoms with Gasteiger partial charge in [-0.2, -0.15) is 0 Å². The van der Waals surface area contributed by atoms with Crippen molar-refractivity contribution in [3.8, 4) is 22.3 Å². The molecular weight excluding hydrogens is 540 g/mol. The Balaban J connectivity index is 1.52. The van der Waals surface area contributed by atoms with E-state index in [1.165, 1.54) is 83.5 Å². The van der Waals surface area contributed by atoms with E-state index in [1.54, 1.807) is 0 Å². The highest BCUT2D eigenvalue weighted by Gasteiger charge is 2.36. The van der Waals surface area contributed by atoms with E-state index >= 15 is 0 Å². The Morgan fingerprint density at radius 2 is 1.18 bits per heavy atom. The molecule has 2 aliphatic carbocycles. The first kappa shape index (κ1) is 31.3. The highest BCUT2D eigenvalue weighted by atomic mass is 14.4. The zero-order chi connectivity index (χ0) is 32.6. The van der Waals surface area contributed by atoms with Crippen molar-refractivity contribution >= 4 is 11.6 Å². The first-order valence-corrected chi connectivity index (χ1v) is 16.9. The summed E-state index contributed by atoms with van der Waals surface area (Å²) in [7, 11) is 0. The first-order valence-electron chi connectivity index (χ1n) is 16.9. The van der Waals surface area contributed by atoms with Gasteiger partial charge in [0.1, 0.15) is 0 Å². The second-order valence-corrected chi connectivity index (χ2v) is 16.9. The van der Waals surface area contributed by atoms with Crippen LogP contribution in [0.25, 0.3) is 33.9 Å². The van der Waals surface area contributed by atoms with Gasteiger partial charge in [0, 0.05) is 5.92 Å². The van der Waals surface area contributed by atoms with Crippen molar-refractivity contribution in [1.29, 1.82) is 0 Å². The van der Waals surface area contributed by atoms with Gasteiger partial charge in [-0.15, -0.1) is 0 Å². The Labute approximate surface area is 273 Å². The molecule has 0 aromatic heterocycles. The molecule has 0 nitrogen and oxygen atoms in total. The van der Waals surface area contributed by atoms with Crippen LogP contribution in [0.2, 0.25) is 0 Å². The Kier molecular flexibility index (Phi) is 7.47. The average molecular weight is 593 g/mol. The third-order valence-electron chi connectivity index (χ3n) is 10.3. The van der Waals surface area contributed by atoms with Crippen molar-refractivity contribution in [3.05, 3.63) is 128 Å². The standard InChI is InChI=1S/C45H52/c1-27-16-21-36(32-24-34(44(7,8)9)26-35(25-32)45(10,11)12)38-23-29(3)40(39(27)38)41-28(2)22-31-14-13-15-37(42(31)41)30-17-19-33(20-18-30)43(4,5)6/h13-21,23-26,40H,22H2,1-12H3. The summed E-state index contributed by atoms with van der Waals surface area (Å²) >= 11 is 0. The first-order chi connectivity index (χ1) is 20.9. The lowest BCUT2D eigenvalue weighted by molar-refractivity contribution is 0.569. The predicted octanol–water partition coefficient (Wildman–Crippen LogP) is 12.8. The molecule has 0 spiro atoms. The Hall–Kier alpha value is -3.64. The number of benzene rings is 4. The van der Waals surface area contributed by atoms with Crippen molar-refractivity contribution in [3.63, 3.8) is 0 Å². The summed E-state index contributed by atoms with van der Waals surface area (Å²) in [4.78, 5) is 0. The van der Waals surface area contributed by atoms with Crippen LogP contribution < -0.4 is 0 Å². The maximum Gasteiger partial charge on any atom is 0.0314 e. The molecule has 0 bridgehead atoms. The van der Waals surface area contributed by atoms with E-state index in [0.29, 0.717) is 0 Å². The van der Waals surface area contributed by atoms with E-state index in [2.05, 4.69) is 162 Å². The fourth-order valence-corrected chi connectivity index (χ4v) is 7.54. The third-order valence-corrected chi connectivity index (χ3v) is 10.3.